The van der Waals surface area contributed by atoms with Crippen molar-refractivity contribution in [1.82, 2.24) is 0 Å². The number of hydrogen-bond acceptors (Lipinski definition) is 2. The van der Waals surface area contributed by atoms with Gasteiger partial charge in [0.2, 0.25) is 5.91 Å². The van der Waals surface area contributed by atoms with Crippen LogP contribution >= 0.6 is 15.9 Å². The maximum atomic E-state index is 12.0. The highest BCUT2D eigenvalue weighted by atomic mass is 79.9. The third kappa shape index (κ3) is 4.81. The maximum absolute atomic E-state index is 12.0. The second-order valence-electron chi connectivity index (χ2n) is 5.03. The maximum Gasteiger partial charge on any atom is 0.224 e. The Kier molecular flexibility index (Phi) is 5.90. The highest BCUT2D eigenvalue weighted by Crippen LogP contribution is 2.14. The summed E-state index contributed by atoms with van der Waals surface area (Å²) in [5.74, 6) is -0.163. The molecule has 0 saturated heterocycles. The molecular formula is C18H18BrNO2. The summed E-state index contributed by atoms with van der Waals surface area (Å²) in [7, 11) is 0. The van der Waals surface area contributed by atoms with Crippen molar-refractivity contribution in [2.75, 3.05) is 5.32 Å². The summed E-state index contributed by atoms with van der Waals surface area (Å²) in [5.41, 5.74) is 2.58. The van der Waals surface area contributed by atoms with E-state index in [1.807, 2.05) is 36.4 Å². The summed E-state index contributed by atoms with van der Waals surface area (Å²) in [6.45, 7) is 2.07. The lowest BCUT2D eigenvalue weighted by atomic mass is 10.1. The molecule has 2 aromatic rings. The largest absolute Gasteiger partial charge is 0.326 e. The van der Waals surface area contributed by atoms with Crippen molar-refractivity contribution in [3.8, 4) is 0 Å². The molecule has 0 aromatic heterocycles. The predicted molar refractivity (Wildman–Crippen MR) is 92.2 cm³/mol. The zero-order chi connectivity index (χ0) is 15.9. The molecule has 1 amide bonds. The smallest absolute Gasteiger partial charge is 0.224 e. The molecule has 0 unspecified atom stereocenters. The number of nitrogens with one attached hydrogen (secondary N) is 1. The molecule has 3 nitrogen and oxygen atoms in total. The number of halogens is 1. The second-order valence-corrected chi connectivity index (χ2v) is 5.95. The van der Waals surface area contributed by atoms with Gasteiger partial charge in [-0.15, -0.1) is 0 Å². The van der Waals surface area contributed by atoms with E-state index in [2.05, 4.69) is 28.2 Å². The van der Waals surface area contributed by atoms with Gasteiger partial charge in [0.1, 0.15) is 0 Å². The molecule has 2 rings (SSSR count). The Labute approximate surface area is 138 Å². The third-order valence-electron chi connectivity index (χ3n) is 3.36. The summed E-state index contributed by atoms with van der Waals surface area (Å²) in [5, 5.41) is 2.83. The molecule has 0 fully saturated rings. The average molecular weight is 360 g/mol. The van der Waals surface area contributed by atoms with E-state index in [0.29, 0.717) is 5.56 Å². The van der Waals surface area contributed by atoms with Crippen LogP contribution in [0.15, 0.2) is 53.0 Å². The number of anilines is 1. The summed E-state index contributed by atoms with van der Waals surface area (Å²) < 4.78 is 0.928. The Hall–Kier alpha value is -1.94. The molecule has 2 aromatic carbocycles. The van der Waals surface area contributed by atoms with Gasteiger partial charge in [0.05, 0.1) is 0 Å². The topological polar surface area (TPSA) is 46.2 Å². The minimum Gasteiger partial charge on any atom is -0.326 e. The first kappa shape index (κ1) is 16.4. The van der Waals surface area contributed by atoms with Crippen molar-refractivity contribution in [3.05, 3.63) is 64.1 Å². The predicted octanol–water partition coefficient (Wildman–Crippen LogP) is 4.61. The number of hydrogen-bond donors (Lipinski definition) is 1. The fraction of sp³-hybridized carbons (Fsp3) is 0.222. The summed E-state index contributed by atoms with van der Waals surface area (Å²) in [6.07, 6.45) is 1.32. The van der Waals surface area contributed by atoms with Gasteiger partial charge in [-0.3, -0.25) is 9.59 Å². The molecule has 0 radical (unpaired) electrons. The van der Waals surface area contributed by atoms with Gasteiger partial charge in [-0.25, -0.2) is 0 Å². The van der Waals surface area contributed by atoms with Crippen molar-refractivity contribution < 1.29 is 9.59 Å². The van der Waals surface area contributed by atoms with Gasteiger partial charge in [0, 0.05) is 28.6 Å². The minimum absolute atomic E-state index is 0.0232. The van der Waals surface area contributed by atoms with Crippen molar-refractivity contribution in [2.45, 2.75) is 26.2 Å². The Morgan fingerprint density at radius 2 is 1.77 bits per heavy atom. The van der Waals surface area contributed by atoms with Gasteiger partial charge in [-0.1, -0.05) is 47.1 Å². The fourth-order valence-electron chi connectivity index (χ4n) is 2.10. The standard InChI is InChI=1S/C18H18BrNO2/c1-2-13-4-3-5-16(12-13)20-18(22)11-10-17(21)14-6-8-15(19)9-7-14/h3-9,12H,2,10-11H2,1H3,(H,20,22). The molecular weight excluding hydrogens is 342 g/mol. The zero-order valence-electron chi connectivity index (χ0n) is 12.4. The van der Waals surface area contributed by atoms with Gasteiger partial charge in [0.25, 0.3) is 0 Å². The Morgan fingerprint density at radius 3 is 2.45 bits per heavy atom. The molecule has 1 N–H and O–H groups in total. The number of carbonyl (C=O) groups is 2. The third-order valence-corrected chi connectivity index (χ3v) is 3.89. The number of carbonyl (C=O) groups excluding carboxylic acids is 2. The highest BCUT2D eigenvalue weighted by Gasteiger charge is 2.09. The Morgan fingerprint density at radius 1 is 1.05 bits per heavy atom. The SMILES string of the molecule is CCc1cccc(NC(=O)CCC(=O)c2ccc(Br)cc2)c1. The van der Waals surface area contributed by atoms with E-state index in [9.17, 15) is 9.59 Å². The normalized spacial score (nSPS) is 10.3. The van der Waals surface area contributed by atoms with E-state index in [4.69, 9.17) is 0 Å². The molecule has 22 heavy (non-hydrogen) atoms. The van der Waals surface area contributed by atoms with Gasteiger partial charge >= 0.3 is 0 Å². The summed E-state index contributed by atoms with van der Waals surface area (Å²) in [6, 6.07) is 14.9. The first-order valence-corrected chi connectivity index (χ1v) is 8.05. The molecule has 0 heterocycles. The number of rotatable bonds is 6. The minimum atomic E-state index is -0.140. The molecule has 0 spiro atoms. The number of aryl methyl sites for hydroxylation is 1. The average Bonchev–Trinajstić information content (AvgIpc) is 2.53. The molecule has 114 valence electrons. The number of Topliss-reactive ketones (excluding diaryl/α,β-unsaturated/α-hetero) is 1. The molecule has 0 bridgehead atoms. The Balaban J connectivity index is 1.87. The first-order valence-electron chi connectivity index (χ1n) is 7.26. The summed E-state index contributed by atoms with van der Waals surface area (Å²) in [4.78, 5) is 23.9. The van der Waals surface area contributed by atoms with Gasteiger partial charge in [-0.2, -0.15) is 0 Å². The molecule has 4 heteroatoms. The van der Waals surface area contributed by atoms with Crippen LogP contribution in [0.1, 0.15) is 35.7 Å². The highest BCUT2D eigenvalue weighted by molar-refractivity contribution is 9.10. The van der Waals surface area contributed by atoms with Crippen LogP contribution in [0.3, 0.4) is 0 Å². The van der Waals surface area contributed by atoms with Gasteiger partial charge in [0.15, 0.2) is 5.78 Å². The van der Waals surface area contributed by atoms with Crippen LogP contribution in [0, 0.1) is 0 Å². The number of benzene rings is 2. The van der Waals surface area contributed by atoms with Gasteiger partial charge in [-0.05, 0) is 36.2 Å². The van der Waals surface area contributed by atoms with Crippen molar-refractivity contribution >= 4 is 33.3 Å². The van der Waals surface area contributed by atoms with E-state index in [0.717, 1.165) is 16.6 Å². The molecule has 0 saturated carbocycles. The Bertz CT molecular complexity index is 665. The van der Waals surface area contributed by atoms with Gasteiger partial charge < -0.3 is 5.32 Å². The van der Waals surface area contributed by atoms with E-state index >= 15 is 0 Å². The van der Waals surface area contributed by atoms with Crippen LogP contribution in [-0.4, -0.2) is 11.7 Å². The first-order chi connectivity index (χ1) is 10.6. The molecule has 0 atom stereocenters. The van der Waals surface area contributed by atoms with Crippen molar-refractivity contribution in [2.24, 2.45) is 0 Å². The van der Waals surface area contributed by atoms with Crippen LogP contribution in [0.2, 0.25) is 0 Å². The van der Waals surface area contributed by atoms with Crippen LogP contribution in [0.4, 0.5) is 5.69 Å². The van der Waals surface area contributed by atoms with E-state index in [1.165, 1.54) is 5.56 Å². The van der Waals surface area contributed by atoms with Crippen molar-refractivity contribution in [3.63, 3.8) is 0 Å². The number of ketones is 1. The summed E-state index contributed by atoms with van der Waals surface area (Å²) >= 11 is 3.33. The lowest BCUT2D eigenvalue weighted by Gasteiger charge is -2.06. The second kappa shape index (κ2) is 7.90. The fourth-order valence-corrected chi connectivity index (χ4v) is 2.36. The lowest BCUT2D eigenvalue weighted by molar-refractivity contribution is -0.116. The molecule has 0 aliphatic heterocycles. The number of amides is 1. The van der Waals surface area contributed by atoms with Crippen LogP contribution in [0.5, 0.6) is 0 Å². The van der Waals surface area contributed by atoms with Crippen LogP contribution < -0.4 is 5.32 Å². The van der Waals surface area contributed by atoms with E-state index in [-0.39, 0.29) is 24.5 Å². The lowest BCUT2D eigenvalue weighted by Crippen LogP contribution is -2.13. The van der Waals surface area contributed by atoms with Crippen LogP contribution in [-0.2, 0) is 11.2 Å². The van der Waals surface area contributed by atoms with E-state index < -0.39 is 0 Å². The monoisotopic (exact) mass is 359 g/mol. The van der Waals surface area contributed by atoms with Crippen molar-refractivity contribution in [1.29, 1.82) is 0 Å². The quantitative estimate of drug-likeness (QED) is 0.765. The molecule has 0 aliphatic carbocycles. The van der Waals surface area contributed by atoms with Crippen LogP contribution in [0.25, 0.3) is 0 Å². The zero-order valence-corrected chi connectivity index (χ0v) is 14.0. The van der Waals surface area contributed by atoms with E-state index in [1.54, 1.807) is 12.1 Å². The molecule has 0 aliphatic rings.